The normalized spacial score (nSPS) is 13.8. The van der Waals surface area contributed by atoms with Crippen LogP contribution < -0.4 is 5.73 Å². The minimum atomic E-state index is 0.237. The Balaban J connectivity index is 2.49. The number of thiophene rings is 1. The minimum absolute atomic E-state index is 0.237. The van der Waals surface area contributed by atoms with Gasteiger partial charge in [0.2, 0.25) is 0 Å². The van der Waals surface area contributed by atoms with Crippen LogP contribution in [0.3, 0.4) is 0 Å². The van der Waals surface area contributed by atoms with Crippen molar-refractivity contribution in [2.75, 3.05) is 0 Å². The fourth-order valence-electron chi connectivity index (χ4n) is 1.13. The van der Waals surface area contributed by atoms with Gasteiger partial charge in [-0.2, -0.15) is 11.3 Å². The van der Waals surface area contributed by atoms with Gasteiger partial charge >= 0.3 is 0 Å². The second-order valence-corrected chi connectivity index (χ2v) is 4.07. The highest BCUT2D eigenvalue weighted by Crippen LogP contribution is 2.20. The lowest BCUT2D eigenvalue weighted by Crippen LogP contribution is -2.11. The quantitative estimate of drug-likeness (QED) is 0.739. The lowest BCUT2D eigenvalue weighted by atomic mass is 10.0. The molecule has 0 spiro atoms. The average Bonchev–Trinajstić information content (AvgIpc) is 2.35. The molecule has 0 aromatic carbocycles. The van der Waals surface area contributed by atoms with Gasteiger partial charge in [-0.3, -0.25) is 0 Å². The Labute approximate surface area is 72.2 Å². The van der Waals surface area contributed by atoms with Crippen LogP contribution in [0, 0.1) is 5.92 Å². The van der Waals surface area contributed by atoms with Crippen molar-refractivity contribution >= 4 is 11.3 Å². The van der Waals surface area contributed by atoms with Crippen molar-refractivity contribution in [2.45, 2.75) is 26.3 Å². The van der Waals surface area contributed by atoms with E-state index in [1.807, 2.05) is 0 Å². The maximum Gasteiger partial charge on any atom is 0.0305 e. The van der Waals surface area contributed by atoms with Crippen molar-refractivity contribution in [1.82, 2.24) is 0 Å². The number of nitrogens with two attached hydrogens (primary N) is 1. The first-order valence-corrected chi connectivity index (χ1v) is 4.92. The fourth-order valence-corrected chi connectivity index (χ4v) is 1.85. The van der Waals surface area contributed by atoms with Crippen LogP contribution >= 0.6 is 11.3 Å². The molecule has 62 valence electrons. The smallest absolute Gasteiger partial charge is 0.0305 e. The molecule has 1 atom stereocenters. The Morgan fingerprint density at radius 2 is 2.27 bits per heavy atom. The third kappa shape index (κ3) is 2.64. The Morgan fingerprint density at radius 1 is 1.55 bits per heavy atom. The van der Waals surface area contributed by atoms with Crippen LogP contribution in [-0.4, -0.2) is 0 Å². The molecule has 0 aliphatic heterocycles. The topological polar surface area (TPSA) is 26.0 Å². The van der Waals surface area contributed by atoms with Crippen LogP contribution in [-0.2, 0) is 0 Å². The molecule has 0 aliphatic rings. The van der Waals surface area contributed by atoms with Gasteiger partial charge in [-0.05, 0) is 34.7 Å². The zero-order valence-corrected chi connectivity index (χ0v) is 7.90. The first kappa shape index (κ1) is 8.75. The van der Waals surface area contributed by atoms with E-state index in [2.05, 4.69) is 30.7 Å². The fraction of sp³-hybridized carbons (Fsp3) is 0.556. The van der Waals surface area contributed by atoms with Crippen molar-refractivity contribution in [3.8, 4) is 0 Å². The summed E-state index contributed by atoms with van der Waals surface area (Å²) >= 11 is 1.72. The molecule has 11 heavy (non-hydrogen) atoms. The molecule has 2 N–H and O–H groups in total. The SMILES string of the molecule is CC(C)C[C@@H](N)c1ccsc1. The third-order valence-corrected chi connectivity index (χ3v) is 2.40. The van der Waals surface area contributed by atoms with Gasteiger partial charge in [-0.25, -0.2) is 0 Å². The minimum Gasteiger partial charge on any atom is -0.324 e. The summed E-state index contributed by atoms with van der Waals surface area (Å²) in [6.45, 7) is 4.40. The Hall–Kier alpha value is -0.340. The van der Waals surface area contributed by atoms with Gasteiger partial charge < -0.3 is 5.73 Å². The molecule has 1 heterocycles. The van der Waals surface area contributed by atoms with Gasteiger partial charge in [0.15, 0.2) is 0 Å². The Kier molecular flexibility index (Phi) is 3.09. The molecule has 0 bridgehead atoms. The van der Waals surface area contributed by atoms with Crippen molar-refractivity contribution < 1.29 is 0 Å². The molecule has 0 radical (unpaired) electrons. The van der Waals surface area contributed by atoms with Crippen molar-refractivity contribution in [2.24, 2.45) is 11.7 Å². The van der Waals surface area contributed by atoms with Gasteiger partial charge in [-0.1, -0.05) is 13.8 Å². The molecule has 0 amide bonds. The second-order valence-electron chi connectivity index (χ2n) is 3.29. The van der Waals surface area contributed by atoms with Gasteiger partial charge in [0.1, 0.15) is 0 Å². The molecule has 1 aromatic rings. The summed E-state index contributed by atoms with van der Waals surface area (Å²) in [5, 5.41) is 4.21. The summed E-state index contributed by atoms with van der Waals surface area (Å²) < 4.78 is 0. The van der Waals surface area contributed by atoms with Crippen LogP contribution in [0.5, 0.6) is 0 Å². The molecular weight excluding hydrogens is 154 g/mol. The van der Waals surface area contributed by atoms with Crippen molar-refractivity contribution in [1.29, 1.82) is 0 Å². The summed E-state index contributed by atoms with van der Waals surface area (Å²) in [7, 11) is 0. The molecule has 0 aliphatic carbocycles. The van der Waals surface area contributed by atoms with E-state index in [1.54, 1.807) is 11.3 Å². The summed E-state index contributed by atoms with van der Waals surface area (Å²) in [6, 6.07) is 2.35. The van der Waals surface area contributed by atoms with Crippen LogP contribution in [0.2, 0.25) is 0 Å². The van der Waals surface area contributed by atoms with E-state index in [0.29, 0.717) is 5.92 Å². The standard InChI is InChI=1S/C9H15NS/c1-7(2)5-9(10)8-3-4-11-6-8/h3-4,6-7,9H,5,10H2,1-2H3/t9-/m1/s1. The highest BCUT2D eigenvalue weighted by atomic mass is 32.1. The van der Waals surface area contributed by atoms with E-state index in [4.69, 9.17) is 5.73 Å². The Morgan fingerprint density at radius 3 is 2.73 bits per heavy atom. The van der Waals surface area contributed by atoms with E-state index in [9.17, 15) is 0 Å². The van der Waals surface area contributed by atoms with Crippen molar-refractivity contribution in [3.63, 3.8) is 0 Å². The zero-order chi connectivity index (χ0) is 8.27. The number of hydrogen-bond acceptors (Lipinski definition) is 2. The molecule has 0 saturated heterocycles. The predicted octanol–water partition coefficient (Wildman–Crippen LogP) is 2.79. The number of hydrogen-bond donors (Lipinski definition) is 1. The van der Waals surface area contributed by atoms with E-state index >= 15 is 0 Å². The molecule has 1 nitrogen and oxygen atoms in total. The third-order valence-electron chi connectivity index (χ3n) is 1.70. The summed E-state index contributed by atoms with van der Waals surface area (Å²) in [5.74, 6) is 0.685. The van der Waals surface area contributed by atoms with Gasteiger partial charge in [-0.15, -0.1) is 0 Å². The highest BCUT2D eigenvalue weighted by molar-refractivity contribution is 7.07. The lowest BCUT2D eigenvalue weighted by molar-refractivity contribution is 0.511. The second kappa shape index (κ2) is 3.88. The molecule has 1 aromatic heterocycles. The summed E-state index contributed by atoms with van der Waals surface area (Å²) in [4.78, 5) is 0. The molecule has 2 heteroatoms. The number of rotatable bonds is 3. The molecule has 0 unspecified atom stereocenters. The van der Waals surface area contributed by atoms with Gasteiger partial charge in [0.25, 0.3) is 0 Å². The zero-order valence-electron chi connectivity index (χ0n) is 7.08. The molecular formula is C9H15NS. The first-order valence-electron chi connectivity index (χ1n) is 3.98. The van der Waals surface area contributed by atoms with E-state index in [0.717, 1.165) is 6.42 Å². The molecule has 1 rings (SSSR count). The van der Waals surface area contributed by atoms with E-state index < -0.39 is 0 Å². The van der Waals surface area contributed by atoms with Crippen LogP contribution in [0.25, 0.3) is 0 Å². The highest BCUT2D eigenvalue weighted by Gasteiger charge is 2.07. The van der Waals surface area contributed by atoms with Crippen LogP contribution in [0.15, 0.2) is 16.8 Å². The first-order chi connectivity index (χ1) is 5.20. The Bertz CT molecular complexity index is 191. The van der Waals surface area contributed by atoms with Crippen LogP contribution in [0.4, 0.5) is 0 Å². The lowest BCUT2D eigenvalue weighted by Gasteiger charge is -2.11. The van der Waals surface area contributed by atoms with E-state index in [-0.39, 0.29) is 6.04 Å². The average molecular weight is 169 g/mol. The van der Waals surface area contributed by atoms with Crippen LogP contribution in [0.1, 0.15) is 31.9 Å². The van der Waals surface area contributed by atoms with Gasteiger partial charge in [0, 0.05) is 6.04 Å². The monoisotopic (exact) mass is 169 g/mol. The van der Waals surface area contributed by atoms with E-state index in [1.165, 1.54) is 5.56 Å². The largest absolute Gasteiger partial charge is 0.324 e. The van der Waals surface area contributed by atoms with Gasteiger partial charge in [0.05, 0.1) is 0 Å². The summed E-state index contributed by atoms with van der Waals surface area (Å²) in [6.07, 6.45) is 1.08. The molecule has 0 fully saturated rings. The van der Waals surface area contributed by atoms with Crippen molar-refractivity contribution in [3.05, 3.63) is 22.4 Å². The summed E-state index contributed by atoms with van der Waals surface area (Å²) in [5.41, 5.74) is 7.23. The molecule has 0 saturated carbocycles. The maximum atomic E-state index is 5.95. The predicted molar refractivity (Wildman–Crippen MR) is 50.7 cm³/mol. The maximum absolute atomic E-state index is 5.95.